The number of unbranched alkanes of at least 4 members (excludes halogenated alkanes) is 2. The van der Waals surface area contributed by atoms with Gasteiger partial charge in [0.05, 0.1) is 0 Å². The van der Waals surface area contributed by atoms with E-state index in [-0.39, 0.29) is 5.56 Å². The van der Waals surface area contributed by atoms with Gasteiger partial charge in [0.1, 0.15) is 0 Å². The Kier molecular flexibility index (Phi) is 5.73. The lowest BCUT2D eigenvalue weighted by Crippen LogP contribution is -2.36. The molecule has 0 amide bonds. The molecule has 2 rings (SSSR count). The minimum atomic E-state index is 0.180. The molecular formula is C16H26N2OS. The van der Waals surface area contributed by atoms with Crippen LogP contribution < -0.4 is 5.56 Å². The molecule has 0 N–H and O–H groups in total. The van der Waals surface area contributed by atoms with Crippen LogP contribution in [0.2, 0.25) is 0 Å². The summed E-state index contributed by atoms with van der Waals surface area (Å²) >= 11 is 4.32. The topological polar surface area (TPSA) is 25.2 Å². The van der Waals surface area contributed by atoms with Gasteiger partial charge in [-0.25, -0.2) is 0 Å². The maximum atomic E-state index is 12.5. The second kappa shape index (κ2) is 7.32. The Morgan fingerprint density at radius 2 is 2.10 bits per heavy atom. The SMILES string of the molecule is CCCCCn1c2c(cc(CS)c1=O)CN(CC)CC2. The molecule has 1 aromatic rings. The van der Waals surface area contributed by atoms with Crippen molar-refractivity contribution in [1.29, 1.82) is 0 Å². The van der Waals surface area contributed by atoms with Crippen LogP contribution in [-0.2, 0) is 25.3 Å². The number of fused-ring (bicyclic) bond motifs is 1. The van der Waals surface area contributed by atoms with Crippen LogP contribution in [0.4, 0.5) is 0 Å². The van der Waals surface area contributed by atoms with E-state index in [0.29, 0.717) is 5.75 Å². The molecule has 1 aromatic heterocycles. The molecule has 2 heterocycles. The van der Waals surface area contributed by atoms with Crippen molar-refractivity contribution in [3.63, 3.8) is 0 Å². The minimum Gasteiger partial charge on any atom is -0.312 e. The molecule has 0 radical (unpaired) electrons. The summed E-state index contributed by atoms with van der Waals surface area (Å²) in [6.07, 6.45) is 4.47. The van der Waals surface area contributed by atoms with Crippen molar-refractivity contribution in [1.82, 2.24) is 9.47 Å². The number of thiol groups is 1. The van der Waals surface area contributed by atoms with Gasteiger partial charge in [-0.2, -0.15) is 12.6 Å². The number of rotatable bonds is 6. The molecule has 112 valence electrons. The van der Waals surface area contributed by atoms with Crippen LogP contribution in [0.25, 0.3) is 0 Å². The summed E-state index contributed by atoms with van der Waals surface area (Å²) in [5.41, 5.74) is 3.63. The molecule has 3 nitrogen and oxygen atoms in total. The maximum absolute atomic E-state index is 12.5. The van der Waals surface area contributed by atoms with Crippen molar-refractivity contribution in [2.45, 2.75) is 58.4 Å². The highest BCUT2D eigenvalue weighted by Gasteiger charge is 2.20. The van der Waals surface area contributed by atoms with E-state index in [4.69, 9.17) is 0 Å². The van der Waals surface area contributed by atoms with E-state index in [2.05, 4.69) is 37.4 Å². The lowest BCUT2D eigenvalue weighted by molar-refractivity contribution is 0.261. The number of likely N-dealkylation sites (N-methyl/N-ethyl adjacent to an activating group) is 1. The predicted molar refractivity (Wildman–Crippen MR) is 87.6 cm³/mol. The number of pyridine rings is 1. The first-order chi connectivity index (χ1) is 9.71. The Bertz CT molecular complexity index is 510. The van der Waals surface area contributed by atoms with Crippen molar-refractivity contribution in [2.75, 3.05) is 13.1 Å². The fourth-order valence-electron chi connectivity index (χ4n) is 2.98. The summed E-state index contributed by atoms with van der Waals surface area (Å²) in [5, 5.41) is 0. The van der Waals surface area contributed by atoms with Gasteiger partial charge in [0.25, 0.3) is 5.56 Å². The summed E-state index contributed by atoms with van der Waals surface area (Å²) in [6.45, 7) is 8.37. The molecule has 0 atom stereocenters. The fourth-order valence-corrected chi connectivity index (χ4v) is 3.21. The standard InChI is InChI=1S/C16H26N2OS/c1-3-5-6-8-18-15-7-9-17(4-2)11-13(15)10-14(12-20)16(18)19/h10,20H,3-9,11-12H2,1-2H3. The molecular weight excluding hydrogens is 268 g/mol. The second-order valence-corrected chi connectivity index (χ2v) is 5.90. The van der Waals surface area contributed by atoms with Gasteiger partial charge in [-0.15, -0.1) is 0 Å². The van der Waals surface area contributed by atoms with Gasteiger partial charge in [-0.05, 0) is 24.6 Å². The molecule has 0 saturated heterocycles. The Hall–Kier alpha value is -0.740. The van der Waals surface area contributed by atoms with Crippen LogP contribution in [0.3, 0.4) is 0 Å². The molecule has 0 spiro atoms. The monoisotopic (exact) mass is 294 g/mol. The average molecular weight is 294 g/mol. The van der Waals surface area contributed by atoms with E-state index in [1.54, 1.807) is 0 Å². The highest BCUT2D eigenvalue weighted by atomic mass is 32.1. The highest BCUT2D eigenvalue weighted by molar-refractivity contribution is 7.79. The molecule has 4 heteroatoms. The largest absolute Gasteiger partial charge is 0.312 e. The van der Waals surface area contributed by atoms with Gasteiger partial charge in [-0.3, -0.25) is 9.69 Å². The van der Waals surface area contributed by atoms with Crippen molar-refractivity contribution in [3.8, 4) is 0 Å². The van der Waals surface area contributed by atoms with Gasteiger partial charge in [0, 0.05) is 43.1 Å². The molecule has 0 saturated carbocycles. The zero-order chi connectivity index (χ0) is 14.5. The summed E-state index contributed by atoms with van der Waals surface area (Å²) in [7, 11) is 0. The normalized spacial score (nSPS) is 15.3. The molecule has 1 aliphatic rings. The zero-order valence-corrected chi connectivity index (χ0v) is 13.6. The second-order valence-electron chi connectivity index (χ2n) is 5.58. The van der Waals surface area contributed by atoms with Crippen molar-refractivity contribution >= 4 is 12.6 Å². The lowest BCUT2D eigenvalue weighted by Gasteiger charge is -2.30. The summed E-state index contributed by atoms with van der Waals surface area (Å²) in [5.74, 6) is 0.534. The van der Waals surface area contributed by atoms with Gasteiger partial charge in [0.2, 0.25) is 0 Å². The maximum Gasteiger partial charge on any atom is 0.254 e. The van der Waals surface area contributed by atoms with E-state index in [9.17, 15) is 4.79 Å². The van der Waals surface area contributed by atoms with Crippen LogP contribution >= 0.6 is 12.6 Å². The van der Waals surface area contributed by atoms with Crippen LogP contribution in [0, 0.1) is 0 Å². The number of nitrogens with zero attached hydrogens (tertiary/aromatic N) is 2. The Balaban J connectivity index is 2.35. The van der Waals surface area contributed by atoms with Gasteiger partial charge in [0.15, 0.2) is 0 Å². The molecule has 0 aliphatic carbocycles. The first kappa shape index (κ1) is 15.6. The predicted octanol–water partition coefficient (Wildman–Crippen LogP) is 2.85. The summed E-state index contributed by atoms with van der Waals surface area (Å²) in [6, 6.07) is 2.09. The Morgan fingerprint density at radius 3 is 2.75 bits per heavy atom. The first-order valence-corrected chi connectivity index (χ1v) is 8.42. The Morgan fingerprint density at radius 1 is 1.30 bits per heavy atom. The van der Waals surface area contributed by atoms with E-state index in [0.717, 1.165) is 44.6 Å². The van der Waals surface area contributed by atoms with Crippen molar-refractivity contribution in [2.24, 2.45) is 0 Å². The smallest absolute Gasteiger partial charge is 0.254 e. The van der Waals surface area contributed by atoms with E-state index >= 15 is 0 Å². The van der Waals surface area contributed by atoms with E-state index in [1.807, 2.05) is 4.57 Å². The minimum absolute atomic E-state index is 0.180. The highest BCUT2D eigenvalue weighted by Crippen LogP contribution is 2.19. The van der Waals surface area contributed by atoms with Crippen molar-refractivity contribution < 1.29 is 0 Å². The third-order valence-corrected chi connectivity index (χ3v) is 4.57. The number of aromatic nitrogens is 1. The van der Waals surface area contributed by atoms with E-state index < -0.39 is 0 Å². The van der Waals surface area contributed by atoms with Crippen molar-refractivity contribution in [3.05, 3.63) is 33.2 Å². The van der Waals surface area contributed by atoms with Gasteiger partial charge < -0.3 is 4.57 Å². The quantitative estimate of drug-likeness (QED) is 0.645. The average Bonchev–Trinajstić information content (AvgIpc) is 2.48. The van der Waals surface area contributed by atoms with Crippen LogP contribution in [0.15, 0.2) is 10.9 Å². The molecule has 0 fully saturated rings. The van der Waals surface area contributed by atoms with E-state index in [1.165, 1.54) is 24.1 Å². The van der Waals surface area contributed by atoms with Crippen LogP contribution in [-0.4, -0.2) is 22.6 Å². The Labute approximate surface area is 127 Å². The van der Waals surface area contributed by atoms with Crippen LogP contribution in [0.5, 0.6) is 0 Å². The fraction of sp³-hybridized carbons (Fsp3) is 0.688. The molecule has 0 unspecified atom stereocenters. The molecule has 1 aliphatic heterocycles. The first-order valence-electron chi connectivity index (χ1n) is 7.78. The van der Waals surface area contributed by atoms with Gasteiger partial charge in [-0.1, -0.05) is 26.7 Å². The molecule has 0 bridgehead atoms. The molecule has 0 aromatic carbocycles. The lowest BCUT2D eigenvalue weighted by atomic mass is 10.0. The zero-order valence-electron chi connectivity index (χ0n) is 12.7. The third-order valence-electron chi connectivity index (χ3n) is 4.23. The number of hydrogen-bond donors (Lipinski definition) is 1. The van der Waals surface area contributed by atoms with Gasteiger partial charge >= 0.3 is 0 Å². The third kappa shape index (κ3) is 3.29. The van der Waals surface area contributed by atoms with Crippen LogP contribution in [0.1, 0.15) is 49.9 Å². The molecule has 20 heavy (non-hydrogen) atoms. The summed E-state index contributed by atoms with van der Waals surface area (Å²) < 4.78 is 2.03. The summed E-state index contributed by atoms with van der Waals surface area (Å²) in [4.78, 5) is 15.0. The number of hydrogen-bond acceptors (Lipinski definition) is 3.